The Bertz CT molecular complexity index is 494. The minimum atomic E-state index is -0.855. The van der Waals surface area contributed by atoms with Crippen molar-refractivity contribution < 1.29 is 19.1 Å². The normalized spacial score (nSPS) is 10.4. The first kappa shape index (κ1) is 15.7. The summed E-state index contributed by atoms with van der Waals surface area (Å²) < 4.78 is 10.4. The largest absolute Gasteiger partial charge is 0.496 e. The van der Waals surface area contributed by atoms with Crippen LogP contribution < -0.4 is 4.74 Å². The summed E-state index contributed by atoms with van der Waals surface area (Å²) in [4.78, 5) is 23.6. The van der Waals surface area contributed by atoms with E-state index in [1.807, 2.05) is 19.9 Å². The number of rotatable bonds is 5. The lowest BCUT2D eigenvalue weighted by atomic mass is 9.98. The first-order chi connectivity index (χ1) is 8.92. The highest BCUT2D eigenvalue weighted by Crippen LogP contribution is 2.33. The quantitative estimate of drug-likeness (QED) is 0.472. The second kappa shape index (κ2) is 6.70. The lowest BCUT2D eigenvalue weighted by Gasteiger charge is -2.13. The number of carbonyl (C=O) groups is 2. The Labute approximate surface area is 121 Å². The molecule has 0 bridgehead atoms. The summed E-state index contributed by atoms with van der Waals surface area (Å²) in [7, 11) is 1.52. The van der Waals surface area contributed by atoms with E-state index in [-0.39, 0.29) is 18.1 Å². The minimum absolute atomic E-state index is 0.170. The third kappa shape index (κ3) is 3.56. The van der Waals surface area contributed by atoms with Gasteiger partial charge >= 0.3 is 5.97 Å². The number of Topliss-reactive ketones (excluding diaryl/α,β-unsaturated/α-hetero) is 1. The fourth-order valence-electron chi connectivity index (χ4n) is 1.57. The third-order valence-corrected chi connectivity index (χ3v) is 3.47. The Balaban J connectivity index is 3.29. The van der Waals surface area contributed by atoms with Gasteiger partial charge in [0.1, 0.15) is 5.75 Å². The van der Waals surface area contributed by atoms with Crippen molar-refractivity contribution >= 4 is 27.7 Å². The highest BCUT2D eigenvalue weighted by atomic mass is 79.9. The van der Waals surface area contributed by atoms with Crippen LogP contribution in [0.15, 0.2) is 16.6 Å². The fourth-order valence-corrected chi connectivity index (χ4v) is 2.14. The van der Waals surface area contributed by atoms with Crippen LogP contribution in [0.1, 0.15) is 42.6 Å². The van der Waals surface area contributed by atoms with Crippen molar-refractivity contribution in [2.24, 2.45) is 0 Å². The Kier molecular flexibility index (Phi) is 5.54. The summed E-state index contributed by atoms with van der Waals surface area (Å²) in [6.07, 6.45) is 0. The van der Waals surface area contributed by atoms with Crippen LogP contribution in [0.3, 0.4) is 0 Å². The topological polar surface area (TPSA) is 52.6 Å². The second-order valence-corrected chi connectivity index (χ2v) is 5.08. The van der Waals surface area contributed by atoms with E-state index in [0.29, 0.717) is 10.2 Å². The predicted octanol–water partition coefficient (Wildman–Crippen LogP) is 3.33. The molecule has 1 rings (SSSR count). The highest BCUT2D eigenvalue weighted by molar-refractivity contribution is 9.10. The van der Waals surface area contributed by atoms with Gasteiger partial charge in [-0.15, -0.1) is 0 Å². The summed E-state index contributed by atoms with van der Waals surface area (Å²) in [5.41, 5.74) is 1.19. The molecule has 19 heavy (non-hydrogen) atoms. The molecule has 0 aliphatic rings. The summed E-state index contributed by atoms with van der Waals surface area (Å²) >= 11 is 3.29. The van der Waals surface area contributed by atoms with Gasteiger partial charge in [0, 0.05) is 5.56 Å². The number of hydrogen-bond donors (Lipinski definition) is 0. The van der Waals surface area contributed by atoms with E-state index in [2.05, 4.69) is 15.9 Å². The Hall–Kier alpha value is -1.36. The molecule has 0 aromatic heterocycles. The van der Waals surface area contributed by atoms with E-state index in [1.165, 1.54) is 7.11 Å². The number of methoxy groups -OCH3 is 1. The van der Waals surface area contributed by atoms with Gasteiger partial charge in [0.2, 0.25) is 0 Å². The third-order valence-electron chi connectivity index (χ3n) is 2.65. The molecule has 0 saturated heterocycles. The molecular formula is C14H17BrO4. The van der Waals surface area contributed by atoms with Crippen molar-refractivity contribution in [2.75, 3.05) is 13.7 Å². The molecule has 0 amide bonds. The zero-order valence-electron chi connectivity index (χ0n) is 11.5. The highest BCUT2D eigenvalue weighted by Gasteiger charge is 2.23. The monoisotopic (exact) mass is 328 g/mol. The number of esters is 1. The minimum Gasteiger partial charge on any atom is -0.496 e. The van der Waals surface area contributed by atoms with Crippen molar-refractivity contribution in [1.82, 2.24) is 0 Å². The molecule has 4 nitrogen and oxygen atoms in total. The number of benzene rings is 1. The average molecular weight is 329 g/mol. The Morgan fingerprint density at radius 1 is 1.32 bits per heavy atom. The van der Waals surface area contributed by atoms with Gasteiger partial charge in [0.15, 0.2) is 0 Å². The van der Waals surface area contributed by atoms with Crippen molar-refractivity contribution in [3.63, 3.8) is 0 Å². The molecule has 0 N–H and O–H groups in total. The molecule has 0 heterocycles. The number of hydrogen-bond acceptors (Lipinski definition) is 4. The van der Waals surface area contributed by atoms with Crippen LogP contribution >= 0.6 is 15.9 Å². The van der Waals surface area contributed by atoms with Crippen molar-refractivity contribution in [3.8, 4) is 5.75 Å². The SMILES string of the molecule is CCOC(=O)C(=O)c1cc(C(C)C)cc(OC)c1Br. The van der Waals surface area contributed by atoms with Crippen molar-refractivity contribution in [1.29, 1.82) is 0 Å². The van der Waals surface area contributed by atoms with Gasteiger partial charge in [-0.25, -0.2) is 4.79 Å². The molecule has 0 unspecified atom stereocenters. The summed E-state index contributed by atoms with van der Waals surface area (Å²) in [6, 6.07) is 3.53. The molecular weight excluding hydrogens is 312 g/mol. The smallest absolute Gasteiger partial charge is 0.379 e. The van der Waals surface area contributed by atoms with Gasteiger partial charge in [-0.3, -0.25) is 4.79 Å². The van der Waals surface area contributed by atoms with Gasteiger partial charge in [-0.2, -0.15) is 0 Å². The Morgan fingerprint density at radius 3 is 2.42 bits per heavy atom. The van der Waals surface area contributed by atoms with Crippen LogP contribution in [0.5, 0.6) is 5.75 Å². The molecule has 1 aromatic carbocycles. The number of halogens is 1. The van der Waals surface area contributed by atoms with Gasteiger partial charge < -0.3 is 9.47 Å². The first-order valence-corrected chi connectivity index (χ1v) is 6.80. The van der Waals surface area contributed by atoms with Crippen molar-refractivity contribution in [2.45, 2.75) is 26.7 Å². The molecule has 0 aliphatic heterocycles. The van der Waals surface area contributed by atoms with E-state index in [4.69, 9.17) is 9.47 Å². The van der Waals surface area contributed by atoms with Gasteiger partial charge in [0.25, 0.3) is 5.78 Å². The second-order valence-electron chi connectivity index (χ2n) is 4.29. The van der Waals surface area contributed by atoms with Crippen LogP contribution in [-0.4, -0.2) is 25.5 Å². The van der Waals surface area contributed by atoms with Gasteiger partial charge in [-0.05, 0) is 46.5 Å². The molecule has 104 valence electrons. The average Bonchev–Trinajstić information content (AvgIpc) is 2.38. The fraction of sp³-hybridized carbons (Fsp3) is 0.429. The van der Waals surface area contributed by atoms with Crippen LogP contribution in [0.2, 0.25) is 0 Å². The molecule has 0 aliphatic carbocycles. The Morgan fingerprint density at radius 2 is 1.95 bits per heavy atom. The summed E-state index contributed by atoms with van der Waals surface area (Å²) in [5.74, 6) is -0.782. The molecule has 0 fully saturated rings. The molecule has 1 aromatic rings. The van der Waals surface area contributed by atoms with E-state index >= 15 is 0 Å². The number of ketones is 1. The number of carbonyl (C=O) groups excluding carboxylic acids is 2. The molecule has 0 radical (unpaired) electrons. The van der Waals surface area contributed by atoms with E-state index in [0.717, 1.165) is 5.56 Å². The summed E-state index contributed by atoms with van der Waals surface area (Å²) in [5, 5.41) is 0. The maximum absolute atomic E-state index is 12.0. The van der Waals surface area contributed by atoms with Crippen LogP contribution in [-0.2, 0) is 9.53 Å². The van der Waals surface area contributed by atoms with Crippen LogP contribution in [0, 0.1) is 0 Å². The molecule has 0 saturated carbocycles. The van der Waals surface area contributed by atoms with Crippen LogP contribution in [0.25, 0.3) is 0 Å². The molecule has 0 atom stereocenters. The van der Waals surface area contributed by atoms with Gasteiger partial charge in [-0.1, -0.05) is 13.8 Å². The maximum Gasteiger partial charge on any atom is 0.379 e. The predicted molar refractivity (Wildman–Crippen MR) is 75.7 cm³/mol. The van der Waals surface area contributed by atoms with E-state index in [1.54, 1.807) is 13.0 Å². The molecule has 0 spiro atoms. The van der Waals surface area contributed by atoms with Gasteiger partial charge in [0.05, 0.1) is 18.2 Å². The van der Waals surface area contributed by atoms with E-state index < -0.39 is 11.8 Å². The summed E-state index contributed by atoms with van der Waals surface area (Å²) in [6.45, 7) is 5.83. The number of ether oxygens (including phenoxy) is 2. The zero-order chi connectivity index (χ0) is 14.6. The zero-order valence-corrected chi connectivity index (χ0v) is 13.0. The van der Waals surface area contributed by atoms with E-state index in [9.17, 15) is 9.59 Å². The van der Waals surface area contributed by atoms with Crippen molar-refractivity contribution in [3.05, 3.63) is 27.7 Å². The maximum atomic E-state index is 12.0. The van der Waals surface area contributed by atoms with Crippen LogP contribution in [0.4, 0.5) is 0 Å². The lowest BCUT2D eigenvalue weighted by molar-refractivity contribution is -0.137. The first-order valence-electron chi connectivity index (χ1n) is 6.01. The standard InChI is InChI=1S/C14H17BrO4/c1-5-19-14(17)13(16)10-6-9(8(2)3)7-11(18-4)12(10)15/h6-8H,5H2,1-4H3. The lowest BCUT2D eigenvalue weighted by Crippen LogP contribution is -2.18. The molecule has 5 heteroatoms.